The van der Waals surface area contributed by atoms with Crippen molar-refractivity contribution in [3.05, 3.63) is 95.1 Å². The number of amides is 2. The molecule has 0 fully saturated rings. The highest BCUT2D eigenvalue weighted by Gasteiger charge is 2.16. The van der Waals surface area contributed by atoms with Gasteiger partial charge in [0.05, 0.1) is 15.9 Å². The molecule has 0 unspecified atom stereocenters. The maximum absolute atomic E-state index is 12.4. The van der Waals surface area contributed by atoms with Gasteiger partial charge in [0.15, 0.2) is 0 Å². The lowest BCUT2D eigenvalue weighted by Crippen LogP contribution is -2.19. The highest BCUT2D eigenvalue weighted by atomic mass is 35.5. The van der Waals surface area contributed by atoms with Gasteiger partial charge < -0.3 is 10.6 Å². The van der Waals surface area contributed by atoms with E-state index in [1.54, 1.807) is 41.9 Å². The molecule has 0 aliphatic heterocycles. The number of urea groups is 1. The van der Waals surface area contributed by atoms with Crippen LogP contribution in [0.15, 0.2) is 84.5 Å². The molecule has 5 aromatic rings. The fourth-order valence-electron chi connectivity index (χ4n) is 3.98. The number of hydrogen-bond donors (Lipinski definition) is 2. The molecular weight excluding hydrogens is 488 g/mol. The maximum atomic E-state index is 12.4. The van der Waals surface area contributed by atoms with Crippen LogP contribution in [0.2, 0.25) is 5.02 Å². The minimum atomic E-state index is -0.338. The topological polar surface area (TPSA) is 66.9 Å². The molecule has 7 heteroatoms. The summed E-state index contributed by atoms with van der Waals surface area (Å²) in [5, 5.41) is 8.33. The van der Waals surface area contributed by atoms with E-state index in [0.717, 1.165) is 32.6 Å². The van der Waals surface area contributed by atoms with E-state index < -0.39 is 0 Å². The first kappa shape index (κ1) is 24.0. The highest BCUT2D eigenvalue weighted by Crippen LogP contribution is 2.38. The van der Waals surface area contributed by atoms with E-state index in [2.05, 4.69) is 71.0 Å². The Hall–Kier alpha value is -3.74. The molecule has 2 heterocycles. The van der Waals surface area contributed by atoms with Gasteiger partial charge in [-0.1, -0.05) is 74.8 Å². The van der Waals surface area contributed by atoms with E-state index in [1.165, 1.54) is 5.56 Å². The third-order valence-corrected chi connectivity index (χ3v) is 7.13. The van der Waals surface area contributed by atoms with E-state index in [1.807, 2.05) is 24.3 Å². The SMILES string of the molecule is CC(C)(C)c1ccc(-c2csc3c(-c4ccc(NC(=O)Nc5cccc(Cl)c5)cc4)ncnc23)cc1. The van der Waals surface area contributed by atoms with Crippen LogP contribution in [-0.4, -0.2) is 16.0 Å². The number of thiophene rings is 1. The van der Waals surface area contributed by atoms with Gasteiger partial charge in [-0.3, -0.25) is 0 Å². The average molecular weight is 513 g/mol. The molecule has 5 nitrogen and oxygen atoms in total. The van der Waals surface area contributed by atoms with E-state index in [4.69, 9.17) is 11.6 Å². The van der Waals surface area contributed by atoms with Crippen LogP contribution in [0.3, 0.4) is 0 Å². The predicted molar refractivity (Wildman–Crippen MR) is 151 cm³/mol. The number of carbonyl (C=O) groups excluding carboxylic acids is 1. The number of carbonyl (C=O) groups is 1. The number of rotatable bonds is 4. The third kappa shape index (κ3) is 5.10. The largest absolute Gasteiger partial charge is 0.323 e. The first-order valence-electron chi connectivity index (χ1n) is 11.5. The Labute approximate surface area is 219 Å². The average Bonchev–Trinajstić information content (AvgIpc) is 3.28. The summed E-state index contributed by atoms with van der Waals surface area (Å²) in [6.07, 6.45) is 1.61. The summed E-state index contributed by atoms with van der Waals surface area (Å²) in [4.78, 5) is 21.5. The Bertz CT molecular complexity index is 1540. The molecule has 180 valence electrons. The predicted octanol–water partition coefficient (Wildman–Crippen LogP) is 8.62. The van der Waals surface area contributed by atoms with E-state index in [-0.39, 0.29) is 11.4 Å². The zero-order valence-electron chi connectivity index (χ0n) is 20.2. The van der Waals surface area contributed by atoms with Crippen molar-refractivity contribution in [3.8, 4) is 22.4 Å². The van der Waals surface area contributed by atoms with Crippen LogP contribution < -0.4 is 10.6 Å². The van der Waals surface area contributed by atoms with Gasteiger partial charge in [0.25, 0.3) is 0 Å². The molecule has 2 aromatic heterocycles. The highest BCUT2D eigenvalue weighted by molar-refractivity contribution is 7.18. The van der Waals surface area contributed by atoms with Gasteiger partial charge in [0, 0.05) is 32.9 Å². The summed E-state index contributed by atoms with van der Waals surface area (Å²) in [7, 11) is 0. The second kappa shape index (κ2) is 9.72. The fourth-order valence-corrected chi connectivity index (χ4v) is 5.21. The summed E-state index contributed by atoms with van der Waals surface area (Å²) in [6, 6.07) is 23.0. The van der Waals surface area contributed by atoms with Crippen molar-refractivity contribution in [3.63, 3.8) is 0 Å². The normalized spacial score (nSPS) is 11.4. The first-order chi connectivity index (χ1) is 17.3. The molecule has 5 rings (SSSR count). The number of nitrogens with zero attached hydrogens (tertiary/aromatic N) is 2. The Kier molecular flexibility index (Phi) is 6.48. The molecule has 0 saturated heterocycles. The Balaban J connectivity index is 1.36. The molecule has 0 bridgehead atoms. The number of hydrogen-bond acceptors (Lipinski definition) is 4. The molecule has 0 spiro atoms. The summed E-state index contributed by atoms with van der Waals surface area (Å²) < 4.78 is 1.03. The lowest BCUT2D eigenvalue weighted by molar-refractivity contribution is 0.262. The molecule has 0 aliphatic carbocycles. The number of anilines is 2. The van der Waals surface area contributed by atoms with Crippen LogP contribution >= 0.6 is 22.9 Å². The zero-order valence-corrected chi connectivity index (χ0v) is 21.7. The summed E-state index contributed by atoms with van der Waals surface area (Å²) in [6.45, 7) is 6.65. The van der Waals surface area contributed by atoms with E-state index in [9.17, 15) is 4.79 Å². The molecular formula is C29H25ClN4OS. The van der Waals surface area contributed by atoms with Crippen molar-refractivity contribution >= 4 is 50.6 Å². The van der Waals surface area contributed by atoms with Crippen LogP contribution in [0.25, 0.3) is 32.6 Å². The molecule has 0 aliphatic rings. The van der Waals surface area contributed by atoms with Crippen LogP contribution in [0.5, 0.6) is 0 Å². The quantitative estimate of drug-likeness (QED) is 0.253. The molecule has 2 amide bonds. The number of fused-ring (bicyclic) bond motifs is 1. The summed E-state index contributed by atoms with van der Waals surface area (Å²) in [5.74, 6) is 0. The molecule has 2 N–H and O–H groups in total. The van der Waals surface area contributed by atoms with Crippen LogP contribution in [0.4, 0.5) is 16.2 Å². The Morgan fingerprint density at radius 1 is 0.861 bits per heavy atom. The molecule has 3 aromatic carbocycles. The van der Waals surface area contributed by atoms with Crippen molar-refractivity contribution in [1.82, 2.24) is 9.97 Å². The van der Waals surface area contributed by atoms with Gasteiger partial charge in [-0.2, -0.15) is 0 Å². The number of halogens is 1. The first-order valence-corrected chi connectivity index (χ1v) is 12.8. The van der Waals surface area contributed by atoms with Crippen molar-refractivity contribution in [2.75, 3.05) is 10.6 Å². The fraction of sp³-hybridized carbons (Fsp3) is 0.138. The minimum absolute atomic E-state index is 0.113. The van der Waals surface area contributed by atoms with Gasteiger partial charge in [-0.15, -0.1) is 11.3 Å². The van der Waals surface area contributed by atoms with Crippen molar-refractivity contribution < 1.29 is 4.79 Å². The monoisotopic (exact) mass is 512 g/mol. The molecule has 0 saturated carbocycles. The number of benzene rings is 3. The zero-order chi connectivity index (χ0) is 25.3. The van der Waals surface area contributed by atoms with E-state index in [0.29, 0.717) is 16.4 Å². The molecule has 36 heavy (non-hydrogen) atoms. The molecule has 0 radical (unpaired) electrons. The third-order valence-electron chi connectivity index (χ3n) is 5.91. The van der Waals surface area contributed by atoms with Gasteiger partial charge in [0.2, 0.25) is 0 Å². The van der Waals surface area contributed by atoms with Crippen molar-refractivity contribution in [1.29, 1.82) is 0 Å². The summed E-state index contributed by atoms with van der Waals surface area (Å²) >= 11 is 7.62. The second-order valence-corrected chi connectivity index (χ2v) is 10.9. The van der Waals surface area contributed by atoms with Crippen LogP contribution in [-0.2, 0) is 5.41 Å². The Morgan fingerprint density at radius 3 is 2.25 bits per heavy atom. The smallest absolute Gasteiger partial charge is 0.308 e. The van der Waals surface area contributed by atoms with E-state index >= 15 is 0 Å². The van der Waals surface area contributed by atoms with Gasteiger partial charge >= 0.3 is 6.03 Å². The van der Waals surface area contributed by atoms with Crippen molar-refractivity contribution in [2.24, 2.45) is 0 Å². The van der Waals surface area contributed by atoms with Gasteiger partial charge in [-0.05, 0) is 46.9 Å². The second-order valence-electron chi connectivity index (χ2n) is 9.54. The summed E-state index contributed by atoms with van der Waals surface area (Å²) in [5.41, 5.74) is 7.74. The number of aromatic nitrogens is 2. The van der Waals surface area contributed by atoms with Crippen LogP contribution in [0, 0.1) is 0 Å². The Morgan fingerprint density at radius 2 is 1.56 bits per heavy atom. The minimum Gasteiger partial charge on any atom is -0.308 e. The lowest BCUT2D eigenvalue weighted by Gasteiger charge is -2.19. The number of nitrogens with one attached hydrogen (secondary N) is 2. The van der Waals surface area contributed by atoms with Gasteiger partial charge in [-0.25, -0.2) is 14.8 Å². The lowest BCUT2D eigenvalue weighted by atomic mass is 9.86. The maximum Gasteiger partial charge on any atom is 0.323 e. The van der Waals surface area contributed by atoms with Crippen molar-refractivity contribution in [2.45, 2.75) is 26.2 Å². The molecule has 0 atom stereocenters. The van der Waals surface area contributed by atoms with Gasteiger partial charge in [0.1, 0.15) is 6.33 Å². The standard InChI is InChI=1S/C29H25ClN4OS/c1-29(2,3)20-11-7-18(8-12-20)24-16-36-27-25(31-17-32-26(24)27)19-9-13-22(14-10-19)33-28(35)34-23-6-4-5-21(30)15-23/h4-17H,1-3H3,(H2,33,34,35). The van der Waals surface area contributed by atoms with Crippen LogP contribution in [0.1, 0.15) is 26.3 Å².